The van der Waals surface area contributed by atoms with Gasteiger partial charge in [0, 0.05) is 37.4 Å². The molecule has 2 aromatic heterocycles. The van der Waals surface area contributed by atoms with E-state index in [1.54, 1.807) is 10.8 Å². The number of nitrogens with zero attached hydrogens (tertiary/aromatic N) is 3. The van der Waals surface area contributed by atoms with Gasteiger partial charge in [-0.2, -0.15) is 0 Å². The van der Waals surface area contributed by atoms with Crippen LogP contribution in [0.4, 0.5) is 5.82 Å². The zero-order valence-electron chi connectivity index (χ0n) is 14.8. The van der Waals surface area contributed by atoms with Crippen LogP contribution < -0.4 is 21.9 Å². The molecule has 0 spiro atoms. The lowest BCUT2D eigenvalue weighted by Gasteiger charge is -2.27. The van der Waals surface area contributed by atoms with E-state index in [4.69, 9.17) is 5.73 Å². The predicted octanol–water partition coefficient (Wildman–Crippen LogP) is 1.06. The topological polar surface area (TPSA) is 97.0 Å². The zero-order chi connectivity index (χ0) is 17.8. The Morgan fingerprint density at radius 1 is 1.32 bits per heavy atom. The van der Waals surface area contributed by atoms with Crippen molar-refractivity contribution < 1.29 is 0 Å². The van der Waals surface area contributed by atoms with Gasteiger partial charge in [-0.25, -0.2) is 9.78 Å². The lowest BCUT2D eigenvalue weighted by atomic mass is 9.88. The second kappa shape index (κ2) is 5.69. The van der Waals surface area contributed by atoms with E-state index in [1.165, 1.54) is 0 Å². The van der Waals surface area contributed by atoms with Crippen LogP contribution >= 0.6 is 0 Å². The summed E-state index contributed by atoms with van der Waals surface area (Å²) in [4.78, 5) is 33.5. The van der Waals surface area contributed by atoms with Crippen LogP contribution in [0.1, 0.15) is 33.1 Å². The highest BCUT2D eigenvalue weighted by atomic mass is 16.2. The van der Waals surface area contributed by atoms with E-state index < -0.39 is 0 Å². The molecule has 1 aliphatic heterocycles. The fourth-order valence-corrected chi connectivity index (χ4v) is 3.66. The number of nitrogens with two attached hydrogens (primary N) is 1. The van der Waals surface area contributed by atoms with Crippen LogP contribution in [0.15, 0.2) is 21.9 Å². The van der Waals surface area contributed by atoms with Gasteiger partial charge in [-0.1, -0.05) is 0 Å². The maximum absolute atomic E-state index is 12.3. The Bertz CT molecular complexity index is 920. The lowest BCUT2D eigenvalue weighted by molar-refractivity contribution is 0.348. The minimum atomic E-state index is -0.367. The first-order valence-electron chi connectivity index (χ1n) is 8.99. The highest BCUT2D eigenvalue weighted by molar-refractivity contribution is 5.79. The smallest absolute Gasteiger partial charge is 0.328 e. The molecule has 25 heavy (non-hydrogen) atoms. The molecule has 3 N–H and O–H groups in total. The highest BCUT2D eigenvalue weighted by Crippen LogP contribution is 2.32. The standard InChI is InChI=1S/C18H25N5O2/c1-18(2,19)12-5-6-22(10-12)15-7-14-13(8-20-15)16(24)21-17(25)23(14)9-11-3-4-11/h7-8,11-12H,3-6,9-10,19H2,1-2H3,(H,21,24,25). The maximum atomic E-state index is 12.3. The van der Waals surface area contributed by atoms with Gasteiger partial charge in [-0.3, -0.25) is 14.3 Å². The first-order valence-corrected chi connectivity index (χ1v) is 8.99. The number of rotatable bonds is 4. The van der Waals surface area contributed by atoms with E-state index in [0.717, 1.165) is 38.2 Å². The van der Waals surface area contributed by atoms with Crippen molar-refractivity contribution in [2.45, 2.75) is 45.2 Å². The van der Waals surface area contributed by atoms with Crippen molar-refractivity contribution in [2.24, 2.45) is 17.6 Å². The van der Waals surface area contributed by atoms with Gasteiger partial charge >= 0.3 is 5.69 Å². The van der Waals surface area contributed by atoms with Gasteiger partial charge in [-0.05, 0) is 44.9 Å². The van der Waals surface area contributed by atoms with Gasteiger partial charge < -0.3 is 10.6 Å². The molecule has 1 saturated heterocycles. The quantitative estimate of drug-likeness (QED) is 0.865. The summed E-state index contributed by atoms with van der Waals surface area (Å²) in [5.41, 5.74) is 6.02. The van der Waals surface area contributed by atoms with E-state index in [-0.39, 0.29) is 16.8 Å². The summed E-state index contributed by atoms with van der Waals surface area (Å²) in [6.07, 6.45) is 4.90. The number of nitrogens with one attached hydrogen (secondary N) is 1. The van der Waals surface area contributed by atoms with Crippen LogP contribution in [0.25, 0.3) is 10.9 Å². The van der Waals surface area contributed by atoms with Crippen LogP contribution in [0.2, 0.25) is 0 Å². The number of hydrogen-bond donors (Lipinski definition) is 2. The first kappa shape index (κ1) is 16.3. The van der Waals surface area contributed by atoms with Crippen LogP contribution in [-0.4, -0.2) is 33.2 Å². The van der Waals surface area contributed by atoms with E-state index in [2.05, 4.69) is 28.7 Å². The van der Waals surface area contributed by atoms with Crippen molar-refractivity contribution in [3.05, 3.63) is 33.1 Å². The molecular formula is C18H25N5O2. The van der Waals surface area contributed by atoms with Gasteiger partial charge in [0.15, 0.2) is 0 Å². The summed E-state index contributed by atoms with van der Waals surface area (Å²) < 4.78 is 1.69. The van der Waals surface area contributed by atoms with Gasteiger partial charge in [0.05, 0.1) is 10.9 Å². The second-order valence-electron chi connectivity index (χ2n) is 8.13. The average Bonchev–Trinajstić information content (AvgIpc) is 3.21. The normalized spacial score (nSPS) is 21.2. The number of pyridine rings is 1. The van der Waals surface area contributed by atoms with Gasteiger partial charge in [0.1, 0.15) is 5.82 Å². The molecule has 1 unspecified atom stereocenters. The SMILES string of the molecule is CC(C)(N)C1CCN(c2cc3c(cn2)c(=O)[nH]c(=O)n3CC2CC2)C1. The Kier molecular flexibility index (Phi) is 3.72. The number of aromatic nitrogens is 3. The summed E-state index contributed by atoms with van der Waals surface area (Å²) in [7, 11) is 0. The van der Waals surface area contributed by atoms with Crippen molar-refractivity contribution in [2.75, 3.05) is 18.0 Å². The van der Waals surface area contributed by atoms with Crippen molar-refractivity contribution in [1.82, 2.24) is 14.5 Å². The number of H-pyrrole nitrogens is 1. The number of aromatic amines is 1. The Balaban J connectivity index is 1.74. The highest BCUT2D eigenvalue weighted by Gasteiger charge is 2.33. The number of fused-ring (bicyclic) bond motifs is 1. The molecule has 0 bridgehead atoms. The first-order chi connectivity index (χ1) is 11.8. The summed E-state index contributed by atoms with van der Waals surface area (Å²) >= 11 is 0. The van der Waals surface area contributed by atoms with E-state index >= 15 is 0 Å². The lowest BCUT2D eigenvalue weighted by Crippen LogP contribution is -2.42. The van der Waals surface area contributed by atoms with Crippen molar-refractivity contribution in [1.29, 1.82) is 0 Å². The van der Waals surface area contributed by atoms with Gasteiger partial charge in [-0.15, -0.1) is 0 Å². The maximum Gasteiger partial charge on any atom is 0.328 e. The monoisotopic (exact) mass is 343 g/mol. The summed E-state index contributed by atoms with van der Waals surface area (Å²) in [6.45, 7) is 6.51. The Morgan fingerprint density at radius 3 is 2.72 bits per heavy atom. The minimum Gasteiger partial charge on any atom is -0.356 e. The molecule has 0 radical (unpaired) electrons. The van der Waals surface area contributed by atoms with Crippen molar-refractivity contribution in [3.63, 3.8) is 0 Å². The molecule has 2 aromatic rings. The van der Waals surface area contributed by atoms with E-state index in [0.29, 0.717) is 29.3 Å². The summed E-state index contributed by atoms with van der Waals surface area (Å²) in [6, 6.07) is 1.89. The molecule has 0 amide bonds. The third-order valence-corrected chi connectivity index (χ3v) is 5.57. The molecule has 7 heteroatoms. The van der Waals surface area contributed by atoms with Crippen LogP contribution in [0, 0.1) is 11.8 Å². The fraction of sp³-hybridized carbons (Fsp3) is 0.611. The molecule has 1 saturated carbocycles. The van der Waals surface area contributed by atoms with Crippen molar-refractivity contribution in [3.8, 4) is 0 Å². The van der Waals surface area contributed by atoms with E-state index in [1.807, 2.05) is 6.07 Å². The Morgan fingerprint density at radius 2 is 2.08 bits per heavy atom. The minimum absolute atomic E-state index is 0.225. The largest absolute Gasteiger partial charge is 0.356 e. The van der Waals surface area contributed by atoms with Gasteiger partial charge in [0.2, 0.25) is 0 Å². The molecule has 1 aliphatic carbocycles. The second-order valence-corrected chi connectivity index (χ2v) is 8.13. The zero-order valence-corrected chi connectivity index (χ0v) is 14.8. The molecule has 134 valence electrons. The third-order valence-electron chi connectivity index (χ3n) is 5.57. The van der Waals surface area contributed by atoms with E-state index in [9.17, 15) is 9.59 Å². The Hall–Kier alpha value is -2.15. The molecule has 7 nitrogen and oxygen atoms in total. The third kappa shape index (κ3) is 3.08. The number of anilines is 1. The molecular weight excluding hydrogens is 318 g/mol. The van der Waals surface area contributed by atoms with Gasteiger partial charge in [0.25, 0.3) is 5.56 Å². The van der Waals surface area contributed by atoms with Crippen molar-refractivity contribution >= 4 is 16.7 Å². The molecule has 4 rings (SSSR count). The predicted molar refractivity (Wildman–Crippen MR) is 97.9 cm³/mol. The van der Waals surface area contributed by atoms with Crippen LogP contribution in [-0.2, 0) is 6.54 Å². The van der Waals surface area contributed by atoms with Crippen LogP contribution in [0.3, 0.4) is 0 Å². The summed E-state index contributed by atoms with van der Waals surface area (Å²) in [5.74, 6) is 1.75. The summed E-state index contributed by atoms with van der Waals surface area (Å²) in [5, 5.41) is 0.471. The number of hydrogen-bond acceptors (Lipinski definition) is 5. The Labute approximate surface area is 145 Å². The molecule has 1 atom stereocenters. The molecule has 2 fully saturated rings. The fourth-order valence-electron chi connectivity index (χ4n) is 3.66. The van der Waals surface area contributed by atoms with Crippen LogP contribution in [0.5, 0.6) is 0 Å². The molecule has 0 aromatic carbocycles. The molecule has 3 heterocycles. The average molecular weight is 343 g/mol. The molecule has 2 aliphatic rings.